The maximum absolute atomic E-state index is 13.0. The molecule has 2 aromatic rings. The molecule has 0 heterocycles. The van der Waals surface area contributed by atoms with Crippen LogP contribution in [0.25, 0.3) is 0 Å². The molecule has 2 aromatic carbocycles. The summed E-state index contributed by atoms with van der Waals surface area (Å²) < 4.78 is 13.4. The molecule has 21 heavy (non-hydrogen) atoms. The maximum Gasteiger partial charge on any atom is 0.259 e. The van der Waals surface area contributed by atoms with Crippen molar-refractivity contribution in [2.24, 2.45) is 5.10 Å². The Labute approximate surface area is 130 Å². The van der Waals surface area contributed by atoms with Gasteiger partial charge in [-0.05, 0) is 45.8 Å². The van der Waals surface area contributed by atoms with E-state index in [1.165, 1.54) is 12.3 Å². The van der Waals surface area contributed by atoms with Crippen LogP contribution >= 0.6 is 15.9 Å². The predicted octanol–water partition coefficient (Wildman–Crippen LogP) is 3.15. The summed E-state index contributed by atoms with van der Waals surface area (Å²) in [5.41, 5.74) is 3.93. The fourth-order valence-electron chi connectivity index (χ4n) is 1.55. The number of halogens is 2. The standard InChI is InChI=1S/C15H13BrFN3O/c16-13-8-11(6-7-14(13)17)9-19-20-15(21)10-18-12-4-2-1-3-5-12/h1-9,18H,10H2,(H,20,21)/b19-9-. The fraction of sp³-hybridized carbons (Fsp3) is 0.0667. The normalized spacial score (nSPS) is 10.6. The second-order valence-electron chi connectivity index (χ2n) is 4.19. The molecule has 0 spiro atoms. The number of para-hydroxylation sites is 1. The summed E-state index contributed by atoms with van der Waals surface area (Å²) in [4.78, 5) is 11.6. The molecule has 0 aliphatic rings. The van der Waals surface area contributed by atoms with E-state index in [0.717, 1.165) is 5.69 Å². The molecule has 0 fully saturated rings. The average molecular weight is 350 g/mol. The van der Waals surface area contributed by atoms with E-state index in [1.807, 2.05) is 30.3 Å². The lowest BCUT2D eigenvalue weighted by Gasteiger charge is -2.04. The van der Waals surface area contributed by atoms with Gasteiger partial charge < -0.3 is 5.32 Å². The number of anilines is 1. The molecule has 0 saturated heterocycles. The molecule has 6 heteroatoms. The molecule has 0 bridgehead atoms. The average Bonchev–Trinajstić information content (AvgIpc) is 2.50. The first-order valence-electron chi connectivity index (χ1n) is 6.21. The van der Waals surface area contributed by atoms with Gasteiger partial charge in [-0.15, -0.1) is 0 Å². The minimum Gasteiger partial charge on any atom is -0.376 e. The fourth-order valence-corrected chi connectivity index (χ4v) is 1.95. The third-order valence-corrected chi connectivity index (χ3v) is 3.18. The van der Waals surface area contributed by atoms with Gasteiger partial charge in [0.2, 0.25) is 0 Å². The predicted molar refractivity (Wildman–Crippen MR) is 84.8 cm³/mol. The van der Waals surface area contributed by atoms with Crippen molar-refractivity contribution in [2.45, 2.75) is 0 Å². The smallest absolute Gasteiger partial charge is 0.259 e. The second-order valence-corrected chi connectivity index (χ2v) is 5.04. The van der Waals surface area contributed by atoms with Gasteiger partial charge in [0.1, 0.15) is 5.82 Å². The number of benzene rings is 2. The Balaban J connectivity index is 1.80. The minimum atomic E-state index is -0.344. The van der Waals surface area contributed by atoms with Crippen molar-refractivity contribution in [3.8, 4) is 0 Å². The van der Waals surface area contributed by atoms with Crippen LogP contribution in [0.15, 0.2) is 58.1 Å². The second kappa shape index (κ2) is 7.54. The van der Waals surface area contributed by atoms with Gasteiger partial charge in [-0.3, -0.25) is 4.79 Å². The highest BCUT2D eigenvalue weighted by Crippen LogP contribution is 2.15. The van der Waals surface area contributed by atoms with Crippen molar-refractivity contribution in [2.75, 3.05) is 11.9 Å². The van der Waals surface area contributed by atoms with Crippen molar-refractivity contribution < 1.29 is 9.18 Å². The zero-order valence-electron chi connectivity index (χ0n) is 11.0. The monoisotopic (exact) mass is 349 g/mol. The zero-order valence-corrected chi connectivity index (χ0v) is 12.6. The van der Waals surface area contributed by atoms with Crippen LogP contribution < -0.4 is 10.7 Å². The van der Waals surface area contributed by atoms with E-state index in [0.29, 0.717) is 10.0 Å². The van der Waals surface area contributed by atoms with Crippen molar-refractivity contribution in [3.63, 3.8) is 0 Å². The van der Waals surface area contributed by atoms with E-state index in [-0.39, 0.29) is 18.3 Å². The highest BCUT2D eigenvalue weighted by atomic mass is 79.9. The molecule has 0 radical (unpaired) electrons. The molecular formula is C15H13BrFN3O. The van der Waals surface area contributed by atoms with Crippen LogP contribution in [0.5, 0.6) is 0 Å². The summed E-state index contributed by atoms with van der Waals surface area (Å²) in [6.07, 6.45) is 1.45. The lowest BCUT2D eigenvalue weighted by Crippen LogP contribution is -2.25. The number of hydrogen-bond acceptors (Lipinski definition) is 3. The molecule has 2 N–H and O–H groups in total. The number of carbonyl (C=O) groups excluding carboxylic acids is 1. The summed E-state index contributed by atoms with van der Waals surface area (Å²) in [5.74, 6) is -0.612. The highest BCUT2D eigenvalue weighted by molar-refractivity contribution is 9.10. The Kier molecular flexibility index (Phi) is 5.45. The van der Waals surface area contributed by atoms with E-state index < -0.39 is 0 Å². The Morgan fingerprint density at radius 1 is 1.24 bits per heavy atom. The van der Waals surface area contributed by atoms with Crippen molar-refractivity contribution in [1.29, 1.82) is 0 Å². The van der Waals surface area contributed by atoms with Gasteiger partial charge in [0.05, 0.1) is 17.2 Å². The first-order chi connectivity index (χ1) is 10.1. The third kappa shape index (κ3) is 5.00. The summed E-state index contributed by atoms with van der Waals surface area (Å²) >= 11 is 3.08. The van der Waals surface area contributed by atoms with Crippen molar-refractivity contribution in [3.05, 3.63) is 64.4 Å². The van der Waals surface area contributed by atoms with Gasteiger partial charge in [-0.25, -0.2) is 9.82 Å². The summed E-state index contributed by atoms with van der Waals surface area (Å²) in [7, 11) is 0. The van der Waals surface area contributed by atoms with Crippen LogP contribution in [0.4, 0.5) is 10.1 Å². The number of hydrogen-bond donors (Lipinski definition) is 2. The van der Waals surface area contributed by atoms with Gasteiger partial charge in [0.25, 0.3) is 5.91 Å². The topological polar surface area (TPSA) is 53.5 Å². The number of rotatable bonds is 5. The van der Waals surface area contributed by atoms with Gasteiger partial charge in [-0.2, -0.15) is 5.10 Å². The summed E-state index contributed by atoms with van der Waals surface area (Å²) in [6.45, 7) is 0.120. The lowest BCUT2D eigenvalue weighted by molar-refractivity contribution is -0.119. The van der Waals surface area contributed by atoms with E-state index >= 15 is 0 Å². The quantitative estimate of drug-likeness (QED) is 0.643. The van der Waals surface area contributed by atoms with Gasteiger partial charge >= 0.3 is 0 Å². The van der Waals surface area contributed by atoms with Crippen LogP contribution in [0, 0.1) is 5.82 Å². The highest BCUT2D eigenvalue weighted by Gasteiger charge is 2.00. The molecule has 108 valence electrons. The van der Waals surface area contributed by atoms with Crippen LogP contribution in [-0.4, -0.2) is 18.7 Å². The lowest BCUT2D eigenvalue weighted by atomic mass is 10.2. The molecule has 0 saturated carbocycles. The van der Waals surface area contributed by atoms with E-state index in [4.69, 9.17) is 0 Å². The van der Waals surface area contributed by atoms with Crippen molar-refractivity contribution in [1.82, 2.24) is 5.43 Å². The molecule has 0 aliphatic heterocycles. The Morgan fingerprint density at radius 3 is 2.71 bits per heavy atom. The molecule has 2 rings (SSSR count). The summed E-state index contributed by atoms with van der Waals surface area (Å²) in [5, 5.41) is 6.78. The van der Waals surface area contributed by atoms with E-state index in [1.54, 1.807) is 12.1 Å². The molecule has 0 aromatic heterocycles. The molecule has 4 nitrogen and oxygen atoms in total. The number of amides is 1. The molecule has 1 amide bonds. The summed E-state index contributed by atoms with van der Waals surface area (Å²) in [6, 6.07) is 13.9. The molecule has 0 aliphatic carbocycles. The van der Waals surface area contributed by atoms with Gasteiger partial charge in [-0.1, -0.05) is 24.3 Å². The largest absolute Gasteiger partial charge is 0.376 e. The zero-order chi connectivity index (χ0) is 15.1. The minimum absolute atomic E-state index is 0.120. The van der Waals surface area contributed by atoms with Gasteiger partial charge in [0, 0.05) is 5.69 Å². The Morgan fingerprint density at radius 2 is 2.00 bits per heavy atom. The van der Waals surface area contributed by atoms with Crippen LogP contribution in [0.3, 0.4) is 0 Å². The van der Waals surface area contributed by atoms with Crippen LogP contribution in [0.2, 0.25) is 0 Å². The third-order valence-electron chi connectivity index (χ3n) is 2.57. The number of hydrazone groups is 1. The Hall–Kier alpha value is -2.21. The first-order valence-corrected chi connectivity index (χ1v) is 7.00. The Bertz CT molecular complexity index is 647. The SMILES string of the molecule is O=C(CNc1ccccc1)N/N=C\c1ccc(F)c(Br)c1. The molecular weight excluding hydrogens is 337 g/mol. The molecule has 0 unspecified atom stereocenters. The maximum atomic E-state index is 13.0. The first kappa shape index (κ1) is 15.2. The van der Waals surface area contributed by atoms with Crippen LogP contribution in [0.1, 0.15) is 5.56 Å². The number of nitrogens with zero attached hydrogens (tertiary/aromatic N) is 1. The molecule has 0 atom stereocenters. The van der Waals surface area contributed by atoms with Crippen molar-refractivity contribution >= 4 is 33.7 Å². The van der Waals surface area contributed by atoms with Gasteiger partial charge in [0.15, 0.2) is 0 Å². The van der Waals surface area contributed by atoms with E-state index in [9.17, 15) is 9.18 Å². The van der Waals surface area contributed by atoms with Crippen LogP contribution in [-0.2, 0) is 4.79 Å². The number of nitrogens with one attached hydrogen (secondary N) is 2. The van der Waals surface area contributed by atoms with E-state index in [2.05, 4.69) is 31.8 Å². The number of carbonyl (C=O) groups is 1.